The maximum absolute atomic E-state index is 12.8. The lowest BCUT2D eigenvalue weighted by Crippen LogP contribution is -2.28. The van der Waals surface area contributed by atoms with Gasteiger partial charge >= 0.3 is 5.97 Å². The molecule has 1 unspecified atom stereocenters. The fraction of sp³-hybridized carbons (Fsp3) is 0.381. The number of thiophene rings is 1. The number of ether oxygens (including phenoxy) is 2. The zero-order valence-electron chi connectivity index (χ0n) is 16.3. The van der Waals surface area contributed by atoms with Crippen LogP contribution in [-0.4, -0.2) is 37.9 Å². The van der Waals surface area contributed by atoms with Crippen LogP contribution in [0.3, 0.4) is 0 Å². The lowest BCUT2D eigenvalue weighted by molar-refractivity contribution is -0.125. The van der Waals surface area contributed by atoms with Gasteiger partial charge in [0.15, 0.2) is 0 Å². The number of para-hydroxylation sites is 1. The Hall–Kier alpha value is -2.87. The first-order valence-corrected chi connectivity index (χ1v) is 10.3. The molecule has 0 saturated carbocycles. The minimum Gasteiger partial charge on any atom is -0.496 e. The quantitative estimate of drug-likeness (QED) is 0.756. The molecule has 0 bridgehead atoms. The van der Waals surface area contributed by atoms with Crippen molar-refractivity contribution in [3.63, 3.8) is 0 Å². The number of nitrogens with one attached hydrogen (secondary N) is 1. The summed E-state index contributed by atoms with van der Waals surface area (Å²) in [4.78, 5) is 31.7. The number of amides is 1. The van der Waals surface area contributed by atoms with Gasteiger partial charge in [0.2, 0.25) is 6.10 Å². The maximum atomic E-state index is 12.8. The molecule has 1 aliphatic carbocycles. The third kappa shape index (κ3) is 3.72. The molecule has 0 spiro atoms. The molecule has 1 N–H and O–H groups in total. The van der Waals surface area contributed by atoms with Gasteiger partial charge in [0.25, 0.3) is 5.91 Å². The number of rotatable bonds is 5. The SMILES string of the molecule is COC(=O)c1c(NC(=O)C2CC(c3ccccc3OC)=NO2)sc2c1CCCC2. The van der Waals surface area contributed by atoms with Crippen LogP contribution < -0.4 is 10.1 Å². The van der Waals surface area contributed by atoms with Gasteiger partial charge in [0, 0.05) is 16.9 Å². The summed E-state index contributed by atoms with van der Waals surface area (Å²) >= 11 is 1.45. The van der Waals surface area contributed by atoms with Crippen molar-refractivity contribution in [1.29, 1.82) is 0 Å². The van der Waals surface area contributed by atoms with Crippen LogP contribution in [0.4, 0.5) is 5.00 Å². The molecular weight excluding hydrogens is 392 g/mol. The second-order valence-corrected chi connectivity index (χ2v) is 8.04. The van der Waals surface area contributed by atoms with Gasteiger partial charge in [0.1, 0.15) is 10.8 Å². The average molecular weight is 414 g/mol. The molecule has 1 atom stereocenters. The van der Waals surface area contributed by atoms with E-state index in [9.17, 15) is 9.59 Å². The van der Waals surface area contributed by atoms with Crippen molar-refractivity contribution in [2.45, 2.75) is 38.2 Å². The molecule has 29 heavy (non-hydrogen) atoms. The van der Waals surface area contributed by atoms with Gasteiger partial charge in [-0.1, -0.05) is 17.3 Å². The average Bonchev–Trinajstić information content (AvgIpc) is 3.38. The van der Waals surface area contributed by atoms with Crippen molar-refractivity contribution in [2.24, 2.45) is 5.16 Å². The van der Waals surface area contributed by atoms with Crippen molar-refractivity contribution >= 4 is 33.9 Å². The molecule has 2 aliphatic rings. The van der Waals surface area contributed by atoms with Gasteiger partial charge in [-0.2, -0.15) is 0 Å². The Morgan fingerprint density at radius 3 is 2.79 bits per heavy atom. The fourth-order valence-corrected chi connectivity index (χ4v) is 5.00. The Bertz CT molecular complexity index is 981. The van der Waals surface area contributed by atoms with E-state index in [2.05, 4.69) is 10.5 Å². The van der Waals surface area contributed by atoms with Gasteiger partial charge in [-0.25, -0.2) is 4.79 Å². The highest BCUT2D eigenvalue weighted by molar-refractivity contribution is 7.17. The van der Waals surface area contributed by atoms with Crippen molar-refractivity contribution in [3.8, 4) is 5.75 Å². The van der Waals surface area contributed by atoms with E-state index >= 15 is 0 Å². The van der Waals surface area contributed by atoms with Crippen molar-refractivity contribution in [1.82, 2.24) is 0 Å². The van der Waals surface area contributed by atoms with Crippen LogP contribution in [0.15, 0.2) is 29.4 Å². The fourth-order valence-electron chi connectivity index (χ4n) is 3.72. The first-order chi connectivity index (χ1) is 14.1. The van der Waals surface area contributed by atoms with Gasteiger partial charge in [-0.15, -0.1) is 11.3 Å². The van der Waals surface area contributed by atoms with E-state index in [0.717, 1.165) is 41.7 Å². The van der Waals surface area contributed by atoms with E-state index < -0.39 is 12.1 Å². The van der Waals surface area contributed by atoms with Crippen molar-refractivity contribution < 1.29 is 23.9 Å². The molecular formula is C21H22N2O5S. The van der Waals surface area contributed by atoms with Gasteiger partial charge < -0.3 is 19.6 Å². The highest BCUT2D eigenvalue weighted by Crippen LogP contribution is 2.39. The van der Waals surface area contributed by atoms with Crippen LogP contribution in [-0.2, 0) is 27.2 Å². The smallest absolute Gasteiger partial charge is 0.341 e. The van der Waals surface area contributed by atoms with Gasteiger partial charge in [-0.05, 0) is 43.4 Å². The lowest BCUT2D eigenvalue weighted by atomic mass is 9.95. The number of carbonyl (C=O) groups is 2. The van der Waals surface area contributed by atoms with E-state index in [0.29, 0.717) is 28.4 Å². The van der Waals surface area contributed by atoms with Crippen molar-refractivity contribution in [3.05, 3.63) is 45.8 Å². The molecule has 1 amide bonds. The maximum Gasteiger partial charge on any atom is 0.341 e. The zero-order chi connectivity index (χ0) is 20.4. The molecule has 0 radical (unpaired) electrons. The molecule has 8 heteroatoms. The molecule has 0 saturated heterocycles. The summed E-state index contributed by atoms with van der Waals surface area (Å²) in [6, 6.07) is 7.47. The van der Waals surface area contributed by atoms with Gasteiger partial charge in [-0.3, -0.25) is 4.79 Å². The van der Waals surface area contributed by atoms with Crippen LogP contribution >= 0.6 is 11.3 Å². The Morgan fingerprint density at radius 2 is 2.00 bits per heavy atom. The van der Waals surface area contributed by atoms with E-state index in [-0.39, 0.29) is 5.91 Å². The number of hydrogen-bond acceptors (Lipinski definition) is 7. The number of esters is 1. The molecule has 1 aliphatic heterocycles. The van der Waals surface area contributed by atoms with Crippen LogP contribution in [0.2, 0.25) is 0 Å². The number of methoxy groups -OCH3 is 2. The molecule has 1 aromatic heterocycles. The standard InChI is InChI=1S/C21H22N2O5S/c1-26-15-9-5-3-7-12(15)14-11-16(28-23-14)19(24)22-20-18(21(25)27-2)13-8-4-6-10-17(13)29-20/h3,5,7,9,16H,4,6,8,10-11H2,1-2H3,(H,22,24). The van der Waals surface area contributed by atoms with Crippen LogP contribution in [0.5, 0.6) is 5.75 Å². The number of carbonyl (C=O) groups excluding carboxylic acids is 2. The predicted molar refractivity (Wildman–Crippen MR) is 110 cm³/mol. The number of hydrogen-bond donors (Lipinski definition) is 1. The molecule has 2 aromatic rings. The van der Waals surface area contributed by atoms with Crippen LogP contribution in [0.25, 0.3) is 0 Å². The van der Waals surface area contributed by atoms with E-state index in [1.54, 1.807) is 7.11 Å². The summed E-state index contributed by atoms with van der Waals surface area (Å²) in [6.07, 6.45) is 3.42. The van der Waals surface area contributed by atoms with E-state index in [4.69, 9.17) is 14.3 Å². The lowest BCUT2D eigenvalue weighted by Gasteiger charge is -2.12. The topological polar surface area (TPSA) is 86.2 Å². The summed E-state index contributed by atoms with van der Waals surface area (Å²) in [6.45, 7) is 0. The number of aryl methyl sites for hydroxylation is 1. The third-order valence-electron chi connectivity index (χ3n) is 5.18. The van der Waals surface area contributed by atoms with E-state index in [1.807, 2.05) is 24.3 Å². The first-order valence-electron chi connectivity index (χ1n) is 9.52. The van der Waals surface area contributed by atoms with E-state index in [1.165, 1.54) is 18.4 Å². The number of oxime groups is 1. The Balaban J connectivity index is 1.51. The predicted octanol–water partition coefficient (Wildman–Crippen LogP) is 3.55. The monoisotopic (exact) mass is 414 g/mol. The number of anilines is 1. The molecule has 152 valence electrons. The number of benzene rings is 1. The molecule has 1 aromatic carbocycles. The number of fused-ring (bicyclic) bond motifs is 1. The summed E-state index contributed by atoms with van der Waals surface area (Å²) in [5, 5.41) is 7.49. The summed E-state index contributed by atoms with van der Waals surface area (Å²) < 4.78 is 10.3. The summed E-state index contributed by atoms with van der Waals surface area (Å²) in [7, 11) is 2.95. The van der Waals surface area contributed by atoms with Crippen LogP contribution in [0.1, 0.15) is 45.6 Å². The first kappa shape index (κ1) is 19.4. The summed E-state index contributed by atoms with van der Waals surface area (Å²) in [5.74, 6) is -0.0739. The second-order valence-electron chi connectivity index (χ2n) is 6.93. The third-order valence-corrected chi connectivity index (χ3v) is 6.38. The Morgan fingerprint density at radius 1 is 1.21 bits per heavy atom. The molecule has 7 nitrogen and oxygen atoms in total. The highest BCUT2D eigenvalue weighted by Gasteiger charge is 2.33. The highest BCUT2D eigenvalue weighted by atomic mass is 32.1. The molecule has 2 heterocycles. The van der Waals surface area contributed by atoms with Crippen molar-refractivity contribution in [2.75, 3.05) is 19.5 Å². The minimum atomic E-state index is -0.764. The molecule has 0 fully saturated rings. The Labute approximate surface area is 172 Å². The number of nitrogens with zero attached hydrogens (tertiary/aromatic N) is 1. The zero-order valence-corrected chi connectivity index (χ0v) is 17.1. The largest absolute Gasteiger partial charge is 0.496 e. The van der Waals surface area contributed by atoms with Crippen LogP contribution in [0, 0.1) is 0 Å². The summed E-state index contributed by atoms with van der Waals surface area (Å²) in [5.41, 5.74) is 2.93. The molecule has 4 rings (SSSR count). The Kier molecular flexibility index (Phi) is 5.53. The normalized spacial score (nSPS) is 17.7. The van der Waals surface area contributed by atoms with Gasteiger partial charge in [0.05, 0.1) is 25.5 Å². The minimum absolute atomic E-state index is 0.324. The second kappa shape index (κ2) is 8.24.